The Kier molecular flexibility index (Phi) is 3.89. The van der Waals surface area contributed by atoms with Gasteiger partial charge in [0.15, 0.2) is 5.60 Å². The zero-order valence-electron chi connectivity index (χ0n) is 19.1. The Bertz CT molecular complexity index is 1520. The van der Waals surface area contributed by atoms with E-state index in [9.17, 15) is 14.7 Å². The fourth-order valence-corrected chi connectivity index (χ4v) is 7.19. The topological polar surface area (TPSA) is 89.6 Å². The van der Waals surface area contributed by atoms with Crippen molar-refractivity contribution in [1.29, 1.82) is 0 Å². The molecule has 1 amide bonds. The van der Waals surface area contributed by atoms with Crippen molar-refractivity contribution in [2.24, 2.45) is 17.6 Å². The van der Waals surface area contributed by atoms with Crippen LogP contribution in [-0.2, 0) is 19.9 Å². The van der Waals surface area contributed by atoms with E-state index in [-0.39, 0.29) is 23.6 Å². The number of phenolic OH excluding ortho intramolecular Hbond substituents is 1. The standard InChI is InChI=1S/C30H23NO4/c1-15-18-8-2-3-9-19(18)27-26(24(15)28(31)33)21-14-17(32)12-13-22(21)30(27)23-11-5-7-16-6-4-10-20(25(16)23)29(34)35-30/h2-14,16,25-27,32H,1H3,(H2,31,33). The highest BCUT2D eigenvalue weighted by Gasteiger charge is 2.65. The third kappa shape index (κ3) is 2.38. The second kappa shape index (κ2) is 6.72. The van der Waals surface area contributed by atoms with Crippen molar-refractivity contribution in [2.45, 2.75) is 24.4 Å². The molecule has 0 bridgehead atoms. The molecule has 5 unspecified atom stereocenters. The number of primary amides is 1. The predicted molar refractivity (Wildman–Crippen MR) is 131 cm³/mol. The largest absolute Gasteiger partial charge is 0.508 e. The van der Waals surface area contributed by atoms with Gasteiger partial charge in [-0.1, -0.05) is 66.8 Å². The van der Waals surface area contributed by atoms with Crippen LogP contribution in [0.1, 0.15) is 41.0 Å². The number of esters is 1. The number of carbonyl (C=O) groups excluding carboxylic acids is 2. The predicted octanol–water partition coefficient (Wildman–Crippen LogP) is 4.52. The van der Waals surface area contributed by atoms with Crippen LogP contribution in [0.3, 0.4) is 0 Å². The number of rotatable bonds is 1. The Morgan fingerprint density at radius 3 is 2.60 bits per heavy atom. The number of nitrogens with two attached hydrogens (primary N) is 1. The molecular weight excluding hydrogens is 438 g/mol. The van der Waals surface area contributed by atoms with Crippen LogP contribution in [0.4, 0.5) is 0 Å². The number of amides is 1. The van der Waals surface area contributed by atoms with Gasteiger partial charge in [0.2, 0.25) is 5.91 Å². The summed E-state index contributed by atoms with van der Waals surface area (Å²) in [6, 6.07) is 13.1. The monoisotopic (exact) mass is 461 g/mol. The van der Waals surface area contributed by atoms with Crippen molar-refractivity contribution in [1.82, 2.24) is 0 Å². The highest BCUT2D eigenvalue weighted by atomic mass is 16.6. The van der Waals surface area contributed by atoms with Gasteiger partial charge >= 0.3 is 5.97 Å². The number of phenols is 1. The summed E-state index contributed by atoms with van der Waals surface area (Å²) in [4.78, 5) is 26.6. The van der Waals surface area contributed by atoms with Gasteiger partial charge in [-0.25, -0.2) is 4.79 Å². The van der Waals surface area contributed by atoms with Crippen molar-refractivity contribution in [3.05, 3.63) is 118 Å². The molecular formula is C30H23NO4. The first-order valence-corrected chi connectivity index (χ1v) is 11.9. The molecule has 172 valence electrons. The lowest BCUT2D eigenvalue weighted by atomic mass is 9.60. The lowest BCUT2D eigenvalue weighted by molar-refractivity contribution is -0.159. The third-order valence-corrected chi connectivity index (χ3v) is 8.41. The van der Waals surface area contributed by atoms with E-state index < -0.39 is 23.3 Å². The number of allylic oxidation sites excluding steroid dienone is 7. The van der Waals surface area contributed by atoms with Crippen molar-refractivity contribution >= 4 is 17.4 Å². The third-order valence-electron chi connectivity index (χ3n) is 8.41. The van der Waals surface area contributed by atoms with Gasteiger partial charge in [-0.3, -0.25) is 4.79 Å². The van der Waals surface area contributed by atoms with E-state index in [1.165, 1.54) is 0 Å². The normalized spacial score (nSPS) is 31.2. The van der Waals surface area contributed by atoms with Gasteiger partial charge in [0.1, 0.15) is 5.75 Å². The molecule has 5 heteroatoms. The first kappa shape index (κ1) is 20.3. The van der Waals surface area contributed by atoms with Crippen LogP contribution >= 0.6 is 0 Å². The van der Waals surface area contributed by atoms with Crippen molar-refractivity contribution in [3.8, 4) is 5.75 Å². The van der Waals surface area contributed by atoms with E-state index in [1.54, 1.807) is 12.1 Å². The van der Waals surface area contributed by atoms with E-state index in [0.29, 0.717) is 11.1 Å². The minimum Gasteiger partial charge on any atom is -0.508 e. The maximum absolute atomic E-state index is 13.6. The molecule has 0 aromatic heterocycles. The van der Waals surface area contributed by atoms with E-state index in [2.05, 4.69) is 24.3 Å². The molecule has 5 nitrogen and oxygen atoms in total. The number of hydrogen-bond acceptors (Lipinski definition) is 4. The second-order valence-corrected chi connectivity index (χ2v) is 9.91. The number of benzene rings is 2. The Balaban J connectivity index is 1.61. The SMILES string of the molecule is CC1=C(C(N)=O)C2c3cc(O)ccc3C3(OC(=O)C4=CC=CC5C=CC=C3C45)C2c2ccccc21. The lowest BCUT2D eigenvalue weighted by Gasteiger charge is -2.50. The second-order valence-electron chi connectivity index (χ2n) is 9.91. The van der Waals surface area contributed by atoms with Crippen LogP contribution in [-0.4, -0.2) is 17.0 Å². The summed E-state index contributed by atoms with van der Waals surface area (Å²) in [6.45, 7) is 1.92. The van der Waals surface area contributed by atoms with Gasteiger partial charge in [0.05, 0.1) is 0 Å². The van der Waals surface area contributed by atoms with Crippen LogP contribution in [0.25, 0.3) is 5.57 Å². The Morgan fingerprint density at radius 1 is 1.03 bits per heavy atom. The van der Waals surface area contributed by atoms with Gasteiger partial charge < -0.3 is 15.6 Å². The lowest BCUT2D eigenvalue weighted by Crippen LogP contribution is -2.49. The summed E-state index contributed by atoms with van der Waals surface area (Å²) in [6.07, 6.45) is 12.1. The molecule has 1 saturated heterocycles. The molecule has 7 rings (SSSR count). The summed E-state index contributed by atoms with van der Waals surface area (Å²) >= 11 is 0. The average Bonchev–Trinajstić information content (AvgIpc) is 3.12. The minimum atomic E-state index is -1.13. The number of fused-ring (bicyclic) bond motifs is 8. The van der Waals surface area contributed by atoms with Crippen molar-refractivity contribution < 1.29 is 19.4 Å². The molecule has 5 atom stereocenters. The molecule has 3 N–H and O–H groups in total. The van der Waals surface area contributed by atoms with Crippen molar-refractivity contribution in [3.63, 3.8) is 0 Å². The van der Waals surface area contributed by atoms with Gasteiger partial charge in [-0.15, -0.1) is 0 Å². The maximum atomic E-state index is 13.6. The van der Waals surface area contributed by atoms with Crippen LogP contribution < -0.4 is 5.73 Å². The number of carbonyl (C=O) groups is 2. The Labute approximate surface area is 202 Å². The number of ether oxygens (including phenoxy) is 1. The van der Waals surface area contributed by atoms with Gasteiger partial charge in [0, 0.05) is 40.4 Å². The molecule has 0 saturated carbocycles. The fourth-order valence-electron chi connectivity index (χ4n) is 7.19. The first-order valence-electron chi connectivity index (χ1n) is 11.9. The summed E-state index contributed by atoms with van der Waals surface area (Å²) < 4.78 is 6.55. The van der Waals surface area contributed by atoms with Crippen molar-refractivity contribution in [2.75, 3.05) is 0 Å². The molecule has 0 radical (unpaired) electrons. The molecule has 2 aromatic rings. The molecule has 2 aromatic carbocycles. The Morgan fingerprint density at radius 2 is 1.80 bits per heavy atom. The van der Waals surface area contributed by atoms with E-state index in [4.69, 9.17) is 10.5 Å². The van der Waals surface area contributed by atoms with E-state index in [1.807, 2.05) is 49.4 Å². The molecule has 1 spiro atoms. The quantitative estimate of drug-likeness (QED) is 0.611. The first-order chi connectivity index (χ1) is 16.9. The molecule has 5 aliphatic rings. The molecule has 4 aliphatic carbocycles. The molecule has 1 aliphatic heterocycles. The van der Waals surface area contributed by atoms with Gasteiger partial charge in [-0.05, 0) is 46.9 Å². The Hall–Kier alpha value is -4.12. The highest BCUT2D eigenvalue weighted by molar-refractivity contribution is 6.04. The zero-order valence-corrected chi connectivity index (χ0v) is 19.1. The molecule has 1 heterocycles. The van der Waals surface area contributed by atoms with Crippen LogP contribution in [0.2, 0.25) is 0 Å². The summed E-state index contributed by atoms with van der Waals surface area (Å²) in [5.74, 6) is -1.70. The smallest absolute Gasteiger partial charge is 0.335 e. The number of aromatic hydroxyl groups is 1. The summed E-state index contributed by atoms with van der Waals surface area (Å²) in [7, 11) is 0. The highest BCUT2D eigenvalue weighted by Crippen LogP contribution is 2.68. The van der Waals surface area contributed by atoms with E-state index >= 15 is 0 Å². The van der Waals surface area contributed by atoms with Gasteiger partial charge in [0.25, 0.3) is 0 Å². The summed E-state index contributed by atoms with van der Waals surface area (Å²) in [5, 5.41) is 10.5. The van der Waals surface area contributed by atoms with Crippen LogP contribution in [0, 0.1) is 11.8 Å². The van der Waals surface area contributed by atoms with E-state index in [0.717, 1.165) is 33.4 Å². The molecule has 1 fully saturated rings. The van der Waals surface area contributed by atoms with Crippen LogP contribution in [0.5, 0.6) is 5.75 Å². The minimum absolute atomic E-state index is 0.0473. The average molecular weight is 462 g/mol. The van der Waals surface area contributed by atoms with Crippen LogP contribution in [0.15, 0.2) is 95.6 Å². The number of hydrogen-bond donors (Lipinski definition) is 2. The zero-order chi connectivity index (χ0) is 24.1. The van der Waals surface area contributed by atoms with Gasteiger partial charge in [-0.2, -0.15) is 0 Å². The maximum Gasteiger partial charge on any atom is 0.335 e. The molecule has 35 heavy (non-hydrogen) atoms. The summed E-state index contributed by atoms with van der Waals surface area (Å²) in [5.41, 5.74) is 11.4. The fraction of sp³-hybridized carbons (Fsp3) is 0.200.